The number of hydrogen-bond donors (Lipinski definition) is 6. The number of rotatable bonds is 2. The molecular weight excluding hydrogens is 480 g/mol. The molecule has 0 aromatic rings. The first-order chi connectivity index (χ1) is 17.5. The fourth-order valence-electron chi connectivity index (χ4n) is 10.6. The number of aliphatic hydroxyl groups excluding tert-OH is 2. The normalized spacial score (nSPS) is 59.8. The van der Waals surface area contributed by atoms with E-state index < -0.39 is 56.3 Å². The number of hydrogen-bond acceptors (Lipinski definition) is 6. The van der Waals surface area contributed by atoms with Crippen LogP contribution in [-0.4, -0.2) is 65.3 Å². The van der Waals surface area contributed by atoms with Gasteiger partial charge in [0.2, 0.25) is 0 Å². The lowest BCUT2D eigenvalue weighted by Gasteiger charge is -2.61. The van der Waals surface area contributed by atoms with E-state index in [4.69, 9.17) is 0 Å². The van der Waals surface area contributed by atoms with Crippen LogP contribution in [0.1, 0.15) is 79.1 Å². The summed E-state index contributed by atoms with van der Waals surface area (Å²) in [7, 11) is 0. The lowest BCUT2D eigenvalue weighted by atomic mass is 9.46. The Balaban J connectivity index is 0.000000155. The Morgan fingerprint density at radius 3 is 1.32 bits per heavy atom. The Hall–Kier alpha value is -1.28. The summed E-state index contributed by atoms with van der Waals surface area (Å²) in [5.41, 5.74) is -6.35. The van der Waals surface area contributed by atoms with Gasteiger partial charge in [0, 0.05) is 34.5 Å². The van der Waals surface area contributed by atoms with Crippen molar-refractivity contribution < 1.29 is 30.6 Å². The third kappa shape index (κ3) is 3.00. The predicted molar refractivity (Wildman–Crippen MR) is 147 cm³/mol. The van der Waals surface area contributed by atoms with E-state index in [-0.39, 0.29) is 24.7 Å². The molecule has 6 nitrogen and oxygen atoms in total. The minimum atomic E-state index is -1.26. The van der Waals surface area contributed by atoms with E-state index in [9.17, 15) is 30.6 Å². The third-order valence-corrected chi connectivity index (χ3v) is 12.7. The molecule has 6 aliphatic carbocycles. The molecule has 4 bridgehead atoms. The van der Waals surface area contributed by atoms with Gasteiger partial charge in [-0.15, -0.1) is 13.2 Å². The molecule has 6 aliphatic rings. The summed E-state index contributed by atoms with van der Waals surface area (Å²) in [6, 6.07) is 0. The van der Waals surface area contributed by atoms with E-state index in [1.165, 1.54) is 0 Å². The highest BCUT2D eigenvalue weighted by Gasteiger charge is 2.77. The number of allylic oxidation sites excluding steroid dienone is 4. The van der Waals surface area contributed by atoms with E-state index in [1.54, 1.807) is 13.8 Å². The molecule has 6 heteroatoms. The van der Waals surface area contributed by atoms with Crippen LogP contribution >= 0.6 is 0 Å². The Morgan fingerprint density at radius 2 is 1.00 bits per heavy atom. The Bertz CT molecular complexity index is 994. The van der Waals surface area contributed by atoms with Gasteiger partial charge < -0.3 is 30.6 Å². The first kappa shape index (κ1) is 28.3. The average Bonchev–Trinajstić information content (AvgIpc) is 3.10. The van der Waals surface area contributed by atoms with Crippen molar-refractivity contribution in [3.05, 3.63) is 49.6 Å². The van der Waals surface area contributed by atoms with Gasteiger partial charge in [0.1, 0.15) is 0 Å². The van der Waals surface area contributed by atoms with Crippen LogP contribution in [0.3, 0.4) is 0 Å². The second-order valence-electron chi connectivity index (χ2n) is 14.4. The zero-order valence-corrected chi connectivity index (χ0v) is 23.5. The summed E-state index contributed by atoms with van der Waals surface area (Å²) >= 11 is 0. The van der Waals surface area contributed by atoms with E-state index in [0.717, 1.165) is 25.7 Å². The standard InChI is InChI=1S/2C16H24O3/c2*1-4-11-9-15(19)10-13(2,18)12(17)16(11)8-6-5-7-14(15,16)3/h2*4,6,8,11-12,17-19H,1,5,7,9-10H2,2-3H3/t2*11-,12-,13-,14-,15-,16-/m00/s1. The summed E-state index contributed by atoms with van der Waals surface area (Å²) in [5, 5.41) is 65.2. The van der Waals surface area contributed by atoms with Gasteiger partial charge >= 0.3 is 0 Å². The van der Waals surface area contributed by atoms with Crippen molar-refractivity contribution >= 4 is 0 Å². The highest BCUT2D eigenvalue weighted by molar-refractivity contribution is 5.36. The second kappa shape index (κ2) is 8.14. The van der Waals surface area contributed by atoms with Crippen molar-refractivity contribution in [1.82, 2.24) is 0 Å². The van der Waals surface area contributed by atoms with Crippen LogP contribution < -0.4 is 0 Å². The van der Waals surface area contributed by atoms with Crippen molar-refractivity contribution in [2.75, 3.05) is 0 Å². The minimum Gasteiger partial charge on any atom is -0.389 e. The molecule has 0 saturated heterocycles. The molecule has 4 fully saturated rings. The van der Waals surface area contributed by atoms with E-state index >= 15 is 0 Å². The molecule has 12 atom stereocenters. The molecule has 6 rings (SSSR count). The monoisotopic (exact) mass is 528 g/mol. The van der Waals surface area contributed by atoms with Gasteiger partial charge in [-0.05, 0) is 64.2 Å². The summed E-state index contributed by atoms with van der Waals surface area (Å²) < 4.78 is 0. The van der Waals surface area contributed by atoms with E-state index in [1.807, 2.05) is 24.3 Å². The van der Waals surface area contributed by atoms with Crippen LogP contribution in [-0.2, 0) is 0 Å². The van der Waals surface area contributed by atoms with Gasteiger partial charge in [0.25, 0.3) is 0 Å². The van der Waals surface area contributed by atoms with Crippen LogP contribution in [0.15, 0.2) is 49.6 Å². The largest absolute Gasteiger partial charge is 0.389 e. The van der Waals surface area contributed by atoms with Gasteiger partial charge in [0.15, 0.2) is 0 Å². The molecule has 212 valence electrons. The van der Waals surface area contributed by atoms with Crippen LogP contribution in [0, 0.1) is 33.5 Å². The van der Waals surface area contributed by atoms with Gasteiger partial charge in [-0.1, -0.05) is 50.3 Å². The van der Waals surface area contributed by atoms with Crippen LogP contribution in [0.4, 0.5) is 0 Å². The molecule has 0 aromatic heterocycles. The quantitative estimate of drug-likeness (QED) is 0.305. The van der Waals surface area contributed by atoms with Crippen molar-refractivity contribution in [3.63, 3.8) is 0 Å². The van der Waals surface area contributed by atoms with Gasteiger partial charge in [0.05, 0.1) is 34.6 Å². The first-order valence-electron chi connectivity index (χ1n) is 14.3. The zero-order valence-electron chi connectivity index (χ0n) is 23.5. The van der Waals surface area contributed by atoms with Crippen molar-refractivity contribution in [1.29, 1.82) is 0 Å². The molecule has 0 spiro atoms. The Kier molecular flexibility index (Phi) is 6.05. The van der Waals surface area contributed by atoms with Crippen LogP contribution in [0.25, 0.3) is 0 Å². The van der Waals surface area contributed by atoms with Crippen LogP contribution in [0.5, 0.6) is 0 Å². The van der Waals surface area contributed by atoms with Gasteiger partial charge in [-0.2, -0.15) is 0 Å². The summed E-state index contributed by atoms with van der Waals surface area (Å²) in [4.78, 5) is 0. The highest BCUT2D eigenvalue weighted by atomic mass is 16.4. The molecule has 0 amide bonds. The van der Waals surface area contributed by atoms with E-state index in [2.05, 4.69) is 39.2 Å². The number of aliphatic hydroxyl groups is 6. The Labute approximate surface area is 227 Å². The maximum absolute atomic E-state index is 11.2. The van der Waals surface area contributed by atoms with Gasteiger partial charge in [-0.3, -0.25) is 0 Å². The summed E-state index contributed by atoms with van der Waals surface area (Å²) in [6.07, 6.45) is 15.3. The molecule has 0 unspecified atom stereocenters. The molecule has 0 aromatic carbocycles. The molecule has 38 heavy (non-hydrogen) atoms. The zero-order chi connectivity index (χ0) is 28.2. The van der Waals surface area contributed by atoms with Crippen molar-refractivity contribution in [2.24, 2.45) is 33.5 Å². The maximum Gasteiger partial charge on any atom is 0.0927 e. The maximum atomic E-state index is 11.2. The van der Waals surface area contributed by atoms with Gasteiger partial charge in [-0.25, -0.2) is 0 Å². The smallest absolute Gasteiger partial charge is 0.0927 e. The van der Waals surface area contributed by atoms with Crippen molar-refractivity contribution in [2.45, 2.75) is 114 Å². The summed E-state index contributed by atoms with van der Waals surface area (Å²) in [5.74, 6) is 0.00560. The minimum absolute atomic E-state index is 0.00280. The SMILES string of the molecule is C=C[C@H]1C[C@]2(O)C[C@](C)(O)[C@H](O)[C@]13C=CCC[C@@]23C.C=C[C@H]1C[C@]2(O)C[C@](C)(O)[C@H](O)[C@]13C=CCC[C@@]23C. The second-order valence-corrected chi connectivity index (χ2v) is 14.4. The molecule has 0 heterocycles. The molecule has 6 N–H and O–H groups in total. The third-order valence-electron chi connectivity index (χ3n) is 12.7. The molecule has 0 radical (unpaired) electrons. The fourth-order valence-corrected chi connectivity index (χ4v) is 10.6. The topological polar surface area (TPSA) is 121 Å². The summed E-state index contributed by atoms with van der Waals surface area (Å²) in [6.45, 7) is 15.2. The average molecular weight is 529 g/mol. The lowest BCUT2D eigenvalue weighted by Crippen LogP contribution is -2.68. The molecular formula is C32H48O6. The molecule has 0 aliphatic heterocycles. The highest BCUT2D eigenvalue weighted by Crippen LogP contribution is 2.74. The predicted octanol–water partition coefficient (Wildman–Crippen LogP) is 3.56. The van der Waals surface area contributed by atoms with Crippen molar-refractivity contribution in [3.8, 4) is 0 Å². The molecule has 4 saturated carbocycles. The lowest BCUT2D eigenvalue weighted by molar-refractivity contribution is -0.244. The van der Waals surface area contributed by atoms with Crippen LogP contribution in [0.2, 0.25) is 0 Å². The first-order valence-corrected chi connectivity index (χ1v) is 14.3. The fraction of sp³-hybridized carbons (Fsp3) is 0.750. The van der Waals surface area contributed by atoms with E-state index in [0.29, 0.717) is 12.8 Å². The Morgan fingerprint density at radius 1 is 0.658 bits per heavy atom.